The lowest BCUT2D eigenvalue weighted by molar-refractivity contribution is 0.0338. The fourth-order valence-corrected chi connectivity index (χ4v) is 3.18. The van der Waals surface area contributed by atoms with Gasteiger partial charge >= 0.3 is 12.1 Å². The first-order chi connectivity index (χ1) is 14.5. The third-order valence-corrected chi connectivity index (χ3v) is 4.76. The Bertz CT molecular complexity index is 924. The number of benzene rings is 1. The summed E-state index contributed by atoms with van der Waals surface area (Å²) in [5.74, 6) is 0.238. The van der Waals surface area contributed by atoms with Gasteiger partial charge in [0.05, 0.1) is 5.52 Å². The number of para-hydroxylation sites is 1. The van der Waals surface area contributed by atoms with Crippen LogP contribution in [-0.2, 0) is 4.74 Å². The fourth-order valence-electron chi connectivity index (χ4n) is 2.70. The zero-order chi connectivity index (χ0) is 23.2. The number of thioether (sulfide) groups is 1. The maximum Gasteiger partial charge on any atom is 0.426 e. The van der Waals surface area contributed by atoms with Crippen LogP contribution in [0.3, 0.4) is 0 Å². The standard InChI is InChI=1S/C20H30N6O4S/c1-13(2)25(23-19(29)30-20(3,4)5)18(28)21-15(11-12-31-6)17(27)26-16-10-8-7-9-14(16)22-24-26/h7-10,13,15H,11-12H2,1-6H3,(H,21,28)(H,23,29)/t15-/m0/s1. The normalized spacial score (nSPS) is 12.5. The number of carbonyl (C=O) groups is 3. The van der Waals surface area contributed by atoms with E-state index in [0.717, 1.165) is 5.01 Å². The summed E-state index contributed by atoms with van der Waals surface area (Å²) in [7, 11) is 0. The number of aromatic nitrogens is 3. The monoisotopic (exact) mass is 450 g/mol. The van der Waals surface area contributed by atoms with Crippen LogP contribution in [0.5, 0.6) is 0 Å². The van der Waals surface area contributed by atoms with Crippen LogP contribution in [0.4, 0.5) is 9.59 Å². The van der Waals surface area contributed by atoms with Crippen molar-refractivity contribution in [3.8, 4) is 0 Å². The second-order valence-corrected chi connectivity index (χ2v) is 9.17. The van der Waals surface area contributed by atoms with Crippen LogP contribution in [0.25, 0.3) is 11.0 Å². The largest absolute Gasteiger partial charge is 0.443 e. The maximum absolute atomic E-state index is 13.2. The van der Waals surface area contributed by atoms with Gasteiger partial charge in [-0.15, -0.1) is 5.10 Å². The van der Waals surface area contributed by atoms with E-state index in [1.54, 1.807) is 64.6 Å². The average Bonchev–Trinajstić information content (AvgIpc) is 3.11. The van der Waals surface area contributed by atoms with Gasteiger partial charge in [-0.05, 0) is 65.2 Å². The fraction of sp³-hybridized carbons (Fsp3) is 0.550. The van der Waals surface area contributed by atoms with Gasteiger partial charge in [0, 0.05) is 6.04 Å². The quantitative estimate of drug-likeness (QED) is 0.649. The molecule has 31 heavy (non-hydrogen) atoms. The summed E-state index contributed by atoms with van der Waals surface area (Å²) in [5, 5.41) is 11.8. The third-order valence-electron chi connectivity index (χ3n) is 4.11. The molecule has 0 saturated heterocycles. The molecule has 1 aromatic carbocycles. The van der Waals surface area contributed by atoms with E-state index >= 15 is 0 Å². The van der Waals surface area contributed by atoms with Gasteiger partial charge in [-0.2, -0.15) is 16.4 Å². The number of rotatable bonds is 6. The molecular formula is C20H30N6O4S. The van der Waals surface area contributed by atoms with Crippen molar-refractivity contribution >= 4 is 40.8 Å². The number of amides is 3. The molecule has 0 aliphatic carbocycles. The van der Waals surface area contributed by atoms with Crippen LogP contribution in [0, 0.1) is 0 Å². The molecule has 0 spiro atoms. The molecule has 0 saturated carbocycles. The highest BCUT2D eigenvalue weighted by Crippen LogP contribution is 2.13. The molecule has 11 heteroatoms. The van der Waals surface area contributed by atoms with Crippen molar-refractivity contribution in [3.05, 3.63) is 24.3 Å². The molecule has 1 atom stereocenters. The Balaban J connectivity index is 2.20. The summed E-state index contributed by atoms with van der Waals surface area (Å²) in [5.41, 5.74) is 2.88. The summed E-state index contributed by atoms with van der Waals surface area (Å²) in [6, 6.07) is 5.24. The average molecular weight is 451 g/mol. The number of nitrogens with zero attached hydrogens (tertiary/aromatic N) is 4. The molecule has 2 aromatic rings. The molecule has 0 unspecified atom stereocenters. The van der Waals surface area contributed by atoms with E-state index in [2.05, 4.69) is 21.1 Å². The van der Waals surface area contributed by atoms with E-state index in [1.165, 1.54) is 4.68 Å². The molecule has 170 valence electrons. The molecule has 0 aliphatic rings. The Labute approximate surface area is 186 Å². The number of carbonyl (C=O) groups excluding carboxylic acids is 3. The molecule has 10 nitrogen and oxygen atoms in total. The second-order valence-electron chi connectivity index (χ2n) is 8.19. The van der Waals surface area contributed by atoms with Crippen LogP contribution in [0.15, 0.2) is 24.3 Å². The van der Waals surface area contributed by atoms with E-state index in [-0.39, 0.29) is 6.04 Å². The summed E-state index contributed by atoms with van der Waals surface area (Å²) in [4.78, 5) is 38.3. The van der Waals surface area contributed by atoms with Gasteiger partial charge in [-0.1, -0.05) is 17.3 Å². The number of fused-ring (bicyclic) bond motifs is 1. The van der Waals surface area contributed by atoms with Crippen LogP contribution < -0.4 is 10.7 Å². The number of ether oxygens (including phenoxy) is 1. The number of hydrogen-bond donors (Lipinski definition) is 2. The van der Waals surface area contributed by atoms with Gasteiger partial charge < -0.3 is 10.1 Å². The van der Waals surface area contributed by atoms with E-state index in [1.807, 2.05) is 12.3 Å². The number of urea groups is 1. The zero-order valence-corrected chi connectivity index (χ0v) is 19.5. The third kappa shape index (κ3) is 6.84. The lowest BCUT2D eigenvalue weighted by Crippen LogP contribution is -2.58. The maximum atomic E-state index is 13.2. The summed E-state index contributed by atoms with van der Waals surface area (Å²) >= 11 is 1.55. The number of hydrazine groups is 1. The van der Waals surface area contributed by atoms with Crippen LogP contribution in [0.1, 0.15) is 45.8 Å². The molecular weight excluding hydrogens is 420 g/mol. The highest BCUT2D eigenvalue weighted by atomic mass is 32.2. The van der Waals surface area contributed by atoms with Gasteiger partial charge in [-0.3, -0.25) is 4.79 Å². The summed E-state index contributed by atoms with van der Waals surface area (Å²) in [6.45, 7) is 8.66. The lowest BCUT2D eigenvalue weighted by atomic mass is 10.2. The van der Waals surface area contributed by atoms with Crippen molar-refractivity contribution in [1.29, 1.82) is 0 Å². The predicted molar refractivity (Wildman–Crippen MR) is 120 cm³/mol. The van der Waals surface area contributed by atoms with Gasteiger partial charge in [-0.25, -0.2) is 20.0 Å². The molecule has 0 fully saturated rings. The first-order valence-electron chi connectivity index (χ1n) is 9.96. The van der Waals surface area contributed by atoms with Crippen LogP contribution >= 0.6 is 11.8 Å². The van der Waals surface area contributed by atoms with E-state index in [0.29, 0.717) is 23.2 Å². The molecule has 2 N–H and O–H groups in total. The van der Waals surface area contributed by atoms with Gasteiger partial charge in [0.1, 0.15) is 17.2 Å². The SMILES string of the molecule is CSCC[C@H](NC(=O)N(NC(=O)OC(C)(C)C)C(C)C)C(=O)n1nnc2ccccc21. The van der Waals surface area contributed by atoms with Crippen molar-refractivity contribution in [3.63, 3.8) is 0 Å². The van der Waals surface area contributed by atoms with E-state index < -0.39 is 29.7 Å². The first-order valence-corrected chi connectivity index (χ1v) is 11.4. The molecule has 0 radical (unpaired) electrons. The molecule has 2 rings (SSSR count). The van der Waals surface area contributed by atoms with Crippen molar-refractivity contribution in [2.45, 2.75) is 58.7 Å². The lowest BCUT2D eigenvalue weighted by Gasteiger charge is -2.30. The summed E-state index contributed by atoms with van der Waals surface area (Å²) < 4.78 is 6.42. The van der Waals surface area contributed by atoms with E-state index in [9.17, 15) is 14.4 Å². The minimum atomic E-state index is -0.855. The minimum Gasteiger partial charge on any atom is -0.443 e. The van der Waals surface area contributed by atoms with Crippen molar-refractivity contribution in [1.82, 2.24) is 30.7 Å². The molecule has 0 aliphatic heterocycles. The Morgan fingerprint density at radius 2 is 1.90 bits per heavy atom. The van der Waals surface area contributed by atoms with Crippen molar-refractivity contribution < 1.29 is 19.1 Å². The van der Waals surface area contributed by atoms with Crippen molar-refractivity contribution in [2.75, 3.05) is 12.0 Å². The Kier molecular flexibility index (Phi) is 8.26. The second kappa shape index (κ2) is 10.5. The highest BCUT2D eigenvalue weighted by Gasteiger charge is 2.29. The smallest absolute Gasteiger partial charge is 0.426 e. The first kappa shape index (κ1) is 24.4. The molecule has 3 amide bonds. The highest BCUT2D eigenvalue weighted by molar-refractivity contribution is 7.98. The topological polar surface area (TPSA) is 118 Å². The Morgan fingerprint density at radius 3 is 2.52 bits per heavy atom. The van der Waals surface area contributed by atoms with Crippen molar-refractivity contribution in [2.24, 2.45) is 0 Å². The van der Waals surface area contributed by atoms with Crippen LogP contribution in [-0.4, -0.2) is 67.7 Å². The number of nitrogens with one attached hydrogen (secondary N) is 2. The molecule has 0 bridgehead atoms. The van der Waals surface area contributed by atoms with Gasteiger partial charge in [0.15, 0.2) is 0 Å². The minimum absolute atomic E-state index is 0.379. The Hall–Kier alpha value is -2.82. The van der Waals surface area contributed by atoms with Crippen LogP contribution in [0.2, 0.25) is 0 Å². The predicted octanol–water partition coefficient (Wildman–Crippen LogP) is 3.05. The molecule has 1 heterocycles. The number of hydrogen-bond acceptors (Lipinski definition) is 7. The van der Waals surface area contributed by atoms with Gasteiger partial charge in [0.25, 0.3) is 5.91 Å². The van der Waals surface area contributed by atoms with Gasteiger partial charge in [0.2, 0.25) is 0 Å². The van der Waals surface area contributed by atoms with E-state index in [4.69, 9.17) is 4.74 Å². The summed E-state index contributed by atoms with van der Waals surface area (Å²) in [6.07, 6.45) is 1.54. The Morgan fingerprint density at radius 1 is 1.23 bits per heavy atom. The molecule has 1 aromatic heterocycles. The zero-order valence-electron chi connectivity index (χ0n) is 18.7.